The molecule has 0 saturated heterocycles. The van der Waals surface area contributed by atoms with Crippen molar-refractivity contribution in [2.75, 3.05) is 11.9 Å². The van der Waals surface area contributed by atoms with Gasteiger partial charge in [-0.15, -0.1) is 5.10 Å². The number of nitrogens with zero attached hydrogens (tertiary/aromatic N) is 3. The van der Waals surface area contributed by atoms with Gasteiger partial charge < -0.3 is 10.1 Å². The smallest absolute Gasteiger partial charge is 0.278 e. The number of rotatable bonds is 6. The molecule has 0 aliphatic carbocycles. The first-order valence-electron chi connectivity index (χ1n) is 8.68. The largest absolute Gasteiger partial charge is 0.492 e. The molecular weight excluding hydrogens is 328 g/mol. The maximum absolute atomic E-state index is 12.7. The lowest BCUT2D eigenvalue weighted by atomic mass is 10.1. The summed E-state index contributed by atoms with van der Waals surface area (Å²) in [6.45, 7) is 6.36. The van der Waals surface area contributed by atoms with Crippen LogP contribution in [0, 0.1) is 6.92 Å². The van der Waals surface area contributed by atoms with Gasteiger partial charge in [-0.25, -0.2) is 4.68 Å². The van der Waals surface area contributed by atoms with E-state index in [-0.39, 0.29) is 5.91 Å². The van der Waals surface area contributed by atoms with E-state index < -0.39 is 0 Å². The Labute approximate surface area is 152 Å². The van der Waals surface area contributed by atoms with Crippen molar-refractivity contribution in [3.05, 3.63) is 65.5 Å². The van der Waals surface area contributed by atoms with E-state index in [4.69, 9.17) is 4.74 Å². The van der Waals surface area contributed by atoms with Gasteiger partial charge in [0.1, 0.15) is 5.75 Å². The van der Waals surface area contributed by atoms with Crippen molar-refractivity contribution in [2.24, 2.45) is 0 Å². The molecule has 1 heterocycles. The minimum atomic E-state index is -0.312. The van der Waals surface area contributed by atoms with Crippen LogP contribution in [0.2, 0.25) is 0 Å². The summed E-state index contributed by atoms with van der Waals surface area (Å²) in [7, 11) is 0. The van der Waals surface area contributed by atoms with Gasteiger partial charge in [-0.1, -0.05) is 36.4 Å². The van der Waals surface area contributed by atoms with Crippen molar-refractivity contribution in [1.82, 2.24) is 15.0 Å². The minimum absolute atomic E-state index is 0.290. The van der Waals surface area contributed by atoms with E-state index in [2.05, 4.69) is 28.6 Å². The Balaban J connectivity index is 1.87. The number of amides is 1. The number of ether oxygens (including phenoxy) is 1. The first kappa shape index (κ1) is 17.7. The van der Waals surface area contributed by atoms with E-state index in [0.29, 0.717) is 29.4 Å². The van der Waals surface area contributed by atoms with Gasteiger partial charge >= 0.3 is 0 Å². The van der Waals surface area contributed by atoms with Crippen molar-refractivity contribution < 1.29 is 9.53 Å². The highest BCUT2D eigenvalue weighted by atomic mass is 16.5. The molecule has 3 aromatic rings. The van der Waals surface area contributed by atoms with Gasteiger partial charge in [0.15, 0.2) is 5.69 Å². The lowest BCUT2D eigenvalue weighted by Crippen LogP contribution is -2.15. The van der Waals surface area contributed by atoms with Crippen LogP contribution in [0.15, 0.2) is 48.5 Å². The van der Waals surface area contributed by atoms with Crippen LogP contribution in [-0.2, 0) is 6.42 Å². The van der Waals surface area contributed by atoms with Gasteiger partial charge in [-0.3, -0.25) is 4.79 Å². The molecule has 6 nitrogen and oxygen atoms in total. The van der Waals surface area contributed by atoms with Crippen LogP contribution in [0.4, 0.5) is 5.69 Å². The van der Waals surface area contributed by atoms with E-state index in [0.717, 1.165) is 12.1 Å². The molecule has 3 rings (SSSR count). The van der Waals surface area contributed by atoms with Crippen molar-refractivity contribution in [2.45, 2.75) is 27.2 Å². The van der Waals surface area contributed by atoms with E-state index in [9.17, 15) is 4.79 Å². The van der Waals surface area contributed by atoms with Crippen LogP contribution in [0.3, 0.4) is 0 Å². The Hall–Kier alpha value is -3.15. The second-order valence-electron chi connectivity index (χ2n) is 5.84. The van der Waals surface area contributed by atoms with Gasteiger partial charge in [0.05, 0.1) is 23.7 Å². The molecule has 1 aromatic heterocycles. The molecule has 134 valence electrons. The predicted octanol–water partition coefficient (Wildman–Crippen LogP) is 3.79. The molecule has 0 aliphatic heterocycles. The average Bonchev–Trinajstić information content (AvgIpc) is 3.05. The maximum Gasteiger partial charge on any atom is 0.278 e. The zero-order chi connectivity index (χ0) is 18.5. The zero-order valence-electron chi connectivity index (χ0n) is 15.2. The third-order valence-corrected chi connectivity index (χ3v) is 4.11. The molecule has 0 saturated carbocycles. The Morgan fingerprint density at radius 2 is 1.96 bits per heavy atom. The second kappa shape index (κ2) is 7.82. The van der Waals surface area contributed by atoms with E-state index >= 15 is 0 Å². The second-order valence-corrected chi connectivity index (χ2v) is 5.84. The molecule has 0 fully saturated rings. The summed E-state index contributed by atoms with van der Waals surface area (Å²) in [5, 5.41) is 11.1. The Kier molecular flexibility index (Phi) is 5.31. The Bertz CT molecular complexity index is 918. The molecule has 6 heteroatoms. The van der Waals surface area contributed by atoms with Crippen LogP contribution in [0.1, 0.15) is 35.6 Å². The summed E-state index contributed by atoms with van der Waals surface area (Å²) in [5.74, 6) is 0.316. The number of aromatic nitrogens is 3. The number of anilines is 1. The van der Waals surface area contributed by atoms with Crippen molar-refractivity contribution in [3.63, 3.8) is 0 Å². The van der Waals surface area contributed by atoms with Crippen molar-refractivity contribution in [1.29, 1.82) is 0 Å². The summed E-state index contributed by atoms with van der Waals surface area (Å²) in [6.07, 6.45) is 0.934. The van der Waals surface area contributed by atoms with Crippen LogP contribution in [0.25, 0.3) is 5.69 Å². The zero-order valence-corrected chi connectivity index (χ0v) is 15.2. The standard InChI is InChI=1S/C20H22N4O2/c1-4-15-9-8-10-16(13-15)24-14(3)19(22-23-24)20(25)21-17-11-6-7-12-18(17)26-5-2/h6-13H,4-5H2,1-3H3,(H,21,25). The predicted molar refractivity (Wildman–Crippen MR) is 101 cm³/mol. The van der Waals surface area contributed by atoms with Crippen LogP contribution in [0.5, 0.6) is 5.75 Å². The number of hydrogen-bond acceptors (Lipinski definition) is 4. The Morgan fingerprint density at radius 1 is 1.15 bits per heavy atom. The maximum atomic E-state index is 12.7. The third-order valence-electron chi connectivity index (χ3n) is 4.11. The average molecular weight is 350 g/mol. The summed E-state index contributed by atoms with van der Waals surface area (Å²) in [6, 6.07) is 15.4. The normalized spacial score (nSPS) is 10.6. The monoisotopic (exact) mass is 350 g/mol. The molecule has 0 spiro atoms. The van der Waals surface area contributed by atoms with E-state index in [1.54, 1.807) is 10.7 Å². The molecule has 2 aromatic carbocycles. The summed E-state index contributed by atoms with van der Waals surface area (Å²) in [4.78, 5) is 12.7. The van der Waals surface area contributed by atoms with Crippen molar-refractivity contribution in [3.8, 4) is 11.4 Å². The summed E-state index contributed by atoms with van der Waals surface area (Å²) >= 11 is 0. The van der Waals surface area contributed by atoms with Gasteiger partial charge in [0.2, 0.25) is 0 Å². The first-order valence-corrected chi connectivity index (χ1v) is 8.68. The number of hydrogen-bond donors (Lipinski definition) is 1. The molecular formula is C20H22N4O2. The summed E-state index contributed by atoms with van der Waals surface area (Å²) < 4.78 is 7.23. The highest BCUT2D eigenvalue weighted by Gasteiger charge is 2.18. The highest BCUT2D eigenvalue weighted by Crippen LogP contribution is 2.24. The fourth-order valence-electron chi connectivity index (χ4n) is 2.73. The molecule has 0 unspecified atom stereocenters. The van der Waals surface area contributed by atoms with Crippen molar-refractivity contribution >= 4 is 11.6 Å². The van der Waals surface area contributed by atoms with Crippen LogP contribution < -0.4 is 10.1 Å². The lowest BCUT2D eigenvalue weighted by Gasteiger charge is -2.10. The molecule has 0 atom stereocenters. The van der Waals surface area contributed by atoms with Gasteiger partial charge in [-0.2, -0.15) is 0 Å². The number of aryl methyl sites for hydroxylation is 1. The van der Waals surface area contributed by atoms with Crippen LogP contribution in [-0.4, -0.2) is 27.5 Å². The highest BCUT2D eigenvalue weighted by molar-refractivity contribution is 6.04. The SMILES string of the molecule is CCOc1ccccc1NC(=O)c1nnn(-c2cccc(CC)c2)c1C. The molecule has 1 amide bonds. The van der Waals surface area contributed by atoms with E-state index in [1.165, 1.54) is 5.56 Å². The summed E-state index contributed by atoms with van der Waals surface area (Å²) in [5.41, 5.74) is 3.68. The Morgan fingerprint density at radius 3 is 2.73 bits per heavy atom. The molecule has 1 N–H and O–H groups in total. The fraction of sp³-hybridized carbons (Fsp3) is 0.250. The van der Waals surface area contributed by atoms with E-state index in [1.807, 2.05) is 50.2 Å². The number of nitrogens with one attached hydrogen (secondary N) is 1. The fourth-order valence-corrected chi connectivity index (χ4v) is 2.73. The minimum Gasteiger partial charge on any atom is -0.492 e. The topological polar surface area (TPSA) is 69.0 Å². The number of carbonyl (C=O) groups excluding carboxylic acids is 1. The molecule has 0 aliphatic rings. The van der Waals surface area contributed by atoms with Crippen LogP contribution >= 0.6 is 0 Å². The quantitative estimate of drug-likeness (QED) is 0.734. The van der Waals surface area contributed by atoms with Gasteiger partial charge in [0.25, 0.3) is 5.91 Å². The van der Waals surface area contributed by atoms with Gasteiger partial charge in [0, 0.05) is 0 Å². The van der Waals surface area contributed by atoms with Gasteiger partial charge in [-0.05, 0) is 50.1 Å². The number of carbonyl (C=O) groups is 1. The third kappa shape index (κ3) is 3.59. The number of benzene rings is 2. The molecule has 0 radical (unpaired) electrons. The first-order chi connectivity index (χ1) is 12.6. The molecule has 26 heavy (non-hydrogen) atoms. The number of para-hydroxylation sites is 2. The lowest BCUT2D eigenvalue weighted by molar-refractivity contribution is 0.102. The molecule has 0 bridgehead atoms.